The third kappa shape index (κ3) is 3.14. The van der Waals surface area contributed by atoms with Gasteiger partial charge in [-0.05, 0) is 32.2 Å². The van der Waals surface area contributed by atoms with E-state index in [-0.39, 0.29) is 0 Å². The molecule has 1 atom stereocenters. The van der Waals surface area contributed by atoms with E-state index in [1.807, 2.05) is 13.1 Å². The monoisotopic (exact) mass is 276 g/mol. The van der Waals surface area contributed by atoms with E-state index in [1.165, 1.54) is 4.88 Å². The van der Waals surface area contributed by atoms with E-state index in [0.717, 1.165) is 29.1 Å². The molecule has 0 saturated heterocycles. The second-order valence-corrected chi connectivity index (χ2v) is 5.64. The molecule has 0 aliphatic rings. The van der Waals surface area contributed by atoms with E-state index in [9.17, 15) is 0 Å². The molecule has 4 heteroatoms. The molecule has 102 valence electrons. The van der Waals surface area contributed by atoms with Gasteiger partial charge in [-0.25, -0.2) is 0 Å². The number of ether oxygens (including phenoxy) is 1. The molecule has 0 aliphatic heterocycles. The Morgan fingerprint density at radius 1 is 1.42 bits per heavy atom. The summed E-state index contributed by atoms with van der Waals surface area (Å²) in [5, 5.41) is 5.61. The molecule has 2 heterocycles. The van der Waals surface area contributed by atoms with E-state index in [2.05, 4.69) is 41.7 Å². The molecular weight excluding hydrogens is 256 g/mol. The van der Waals surface area contributed by atoms with Crippen LogP contribution in [0.5, 0.6) is 5.75 Å². The van der Waals surface area contributed by atoms with Crippen LogP contribution in [-0.4, -0.2) is 12.1 Å². The number of thiophene rings is 1. The Balaban J connectivity index is 2.08. The van der Waals surface area contributed by atoms with Crippen molar-refractivity contribution in [3.05, 3.63) is 45.4 Å². The summed E-state index contributed by atoms with van der Waals surface area (Å²) in [5.41, 5.74) is 3.24. The van der Waals surface area contributed by atoms with Crippen LogP contribution < -0.4 is 10.1 Å². The van der Waals surface area contributed by atoms with Crippen molar-refractivity contribution in [2.45, 2.75) is 33.4 Å². The normalized spacial score (nSPS) is 12.4. The number of rotatable bonds is 5. The van der Waals surface area contributed by atoms with Crippen LogP contribution in [0, 0.1) is 13.8 Å². The third-order valence-electron chi connectivity index (χ3n) is 3.30. The van der Waals surface area contributed by atoms with Gasteiger partial charge in [-0.3, -0.25) is 4.98 Å². The molecule has 2 aromatic heterocycles. The van der Waals surface area contributed by atoms with Crippen LogP contribution in [0.15, 0.2) is 23.7 Å². The second kappa shape index (κ2) is 6.17. The average molecular weight is 276 g/mol. The van der Waals surface area contributed by atoms with E-state index >= 15 is 0 Å². The zero-order chi connectivity index (χ0) is 13.8. The molecule has 3 nitrogen and oxygen atoms in total. The first-order chi connectivity index (χ1) is 9.13. The maximum absolute atomic E-state index is 5.43. The van der Waals surface area contributed by atoms with E-state index in [4.69, 9.17) is 4.74 Å². The topological polar surface area (TPSA) is 34.1 Å². The van der Waals surface area contributed by atoms with Gasteiger partial charge in [0.1, 0.15) is 5.75 Å². The summed E-state index contributed by atoms with van der Waals surface area (Å²) in [6, 6.07) is 4.57. The van der Waals surface area contributed by atoms with Crippen LogP contribution in [0.2, 0.25) is 0 Å². The van der Waals surface area contributed by atoms with E-state index in [0.29, 0.717) is 6.04 Å². The minimum Gasteiger partial charge on any atom is -0.496 e. The summed E-state index contributed by atoms with van der Waals surface area (Å²) < 4.78 is 5.43. The van der Waals surface area contributed by atoms with Crippen LogP contribution in [0.25, 0.3) is 0 Å². The second-order valence-electron chi connectivity index (χ2n) is 4.66. The van der Waals surface area contributed by atoms with Gasteiger partial charge >= 0.3 is 0 Å². The molecular formula is C15H20N2OS. The summed E-state index contributed by atoms with van der Waals surface area (Å²) in [4.78, 5) is 5.84. The molecule has 0 aromatic carbocycles. The molecule has 0 amide bonds. The average Bonchev–Trinajstić information content (AvgIpc) is 2.92. The number of nitrogens with zero attached hydrogens (tertiary/aromatic N) is 1. The quantitative estimate of drug-likeness (QED) is 0.905. The highest BCUT2D eigenvalue weighted by atomic mass is 32.1. The zero-order valence-electron chi connectivity index (χ0n) is 11.9. The Morgan fingerprint density at radius 2 is 2.21 bits per heavy atom. The van der Waals surface area contributed by atoms with Gasteiger partial charge in [-0.15, -0.1) is 11.3 Å². The van der Waals surface area contributed by atoms with Gasteiger partial charge in [0.25, 0.3) is 0 Å². The summed E-state index contributed by atoms with van der Waals surface area (Å²) in [6.45, 7) is 7.00. The Hall–Kier alpha value is -1.39. The highest BCUT2D eigenvalue weighted by Crippen LogP contribution is 2.24. The van der Waals surface area contributed by atoms with Crippen molar-refractivity contribution in [2.75, 3.05) is 7.11 Å². The largest absolute Gasteiger partial charge is 0.496 e. The fraction of sp³-hybridized carbons (Fsp3) is 0.400. The number of hydrogen-bond donors (Lipinski definition) is 1. The van der Waals surface area contributed by atoms with Gasteiger partial charge in [0.05, 0.1) is 12.8 Å². The minimum atomic E-state index is 0.341. The van der Waals surface area contributed by atoms with Gasteiger partial charge < -0.3 is 10.1 Å². The predicted molar refractivity (Wildman–Crippen MR) is 79.8 cm³/mol. The van der Waals surface area contributed by atoms with Crippen molar-refractivity contribution in [3.8, 4) is 5.75 Å². The smallest absolute Gasteiger partial charge is 0.128 e. The number of nitrogens with one attached hydrogen (secondary N) is 1. The van der Waals surface area contributed by atoms with Gasteiger partial charge in [0, 0.05) is 34.8 Å². The van der Waals surface area contributed by atoms with Crippen LogP contribution in [0.4, 0.5) is 0 Å². The van der Waals surface area contributed by atoms with Crippen molar-refractivity contribution in [2.24, 2.45) is 0 Å². The van der Waals surface area contributed by atoms with E-state index in [1.54, 1.807) is 18.4 Å². The molecule has 1 N–H and O–H groups in total. The fourth-order valence-corrected chi connectivity index (χ4v) is 2.90. The highest BCUT2D eigenvalue weighted by molar-refractivity contribution is 7.10. The van der Waals surface area contributed by atoms with Gasteiger partial charge in [-0.2, -0.15) is 0 Å². The minimum absolute atomic E-state index is 0.341. The predicted octanol–water partition coefficient (Wildman–Crippen LogP) is 3.62. The van der Waals surface area contributed by atoms with Crippen LogP contribution in [0.3, 0.4) is 0 Å². The molecule has 2 rings (SSSR count). The first-order valence-electron chi connectivity index (χ1n) is 6.39. The van der Waals surface area contributed by atoms with Crippen molar-refractivity contribution in [1.29, 1.82) is 0 Å². The molecule has 19 heavy (non-hydrogen) atoms. The van der Waals surface area contributed by atoms with Gasteiger partial charge in [0.15, 0.2) is 0 Å². The molecule has 0 saturated carbocycles. The number of aromatic nitrogens is 1. The van der Waals surface area contributed by atoms with Crippen LogP contribution >= 0.6 is 11.3 Å². The molecule has 0 bridgehead atoms. The van der Waals surface area contributed by atoms with Crippen molar-refractivity contribution in [3.63, 3.8) is 0 Å². The fourth-order valence-electron chi connectivity index (χ4n) is 2.14. The van der Waals surface area contributed by atoms with Gasteiger partial charge in [0.2, 0.25) is 0 Å². The Labute approximate surface area is 118 Å². The number of hydrogen-bond acceptors (Lipinski definition) is 4. The summed E-state index contributed by atoms with van der Waals surface area (Å²) in [5.74, 6) is 0.940. The Kier molecular flexibility index (Phi) is 4.56. The lowest BCUT2D eigenvalue weighted by molar-refractivity contribution is 0.406. The lowest BCUT2D eigenvalue weighted by atomic mass is 10.1. The molecule has 0 aliphatic carbocycles. The number of aryl methyl sites for hydroxylation is 1. The van der Waals surface area contributed by atoms with Crippen LogP contribution in [0.1, 0.15) is 34.7 Å². The van der Waals surface area contributed by atoms with Crippen LogP contribution in [-0.2, 0) is 6.54 Å². The molecule has 2 aromatic rings. The Bertz CT molecular complexity index is 537. The molecule has 0 fully saturated rings. The summed E-state index contributed by atoms with van der Waals surface area (Å²) in [7, 11) is 1.71. The lowest BCUT2D eigenvalue weighted by Gasteiger charge is -2.15. The zero-order valence-corrected chi connectivity index (χ0v) is 12.7. The lowest BCUT2D eigenvalue weighted by Crippen LogP contribution is -2.19. The maximum atomic E-state index is 5.43. The first kappa shape index (κ1) is 14.0. The number of methoxy groups -OCH3 is 1. The summed E-state index contributed by atoms with van der Waals surface area (Å²) in [6.07, 6.45) is 1.87. The highest BCUT2D eigenvalue weighted by Gasteiger charge is 2.11. The Morgan fingerprint density at radius 3 is 2.84 bits per heavy atom. The standard InChI is InChI=1S/C15H20N2OS/c1-10-8-17-13(11(2)15(10)18-4)9-16-12(3)14-6-5-7-19-14/h5-8,12,16H,9H2,1-4H3/t12-/m0/s1. The first-order valence-corrected chi connectivity index (χ1v) is 7.27. The van der Waals surface area contributed by atoms with Crippen molar-refractivity contribution in [1.82, 2.24) is 10.3 Å². The third-order valence-corrected chi connectivity index (χ3v) is 4.35. The maximum Gasteiger partial charge on any atom is 0.128 e. The summed E-state index contributed by atoms with van der Waals surface area (Å²) >= 11 is 1.77. The SMILES string of the molecule is COc1c(C)cnc(CN[C@@H](C)c2cccs2)c1C. The van der Waals surface area contributed by atoms with Crippen molar-refractivity contribution >= 4 is 11.3 Å². The van der Waals surface area contributed by atoms with Crippen molar-refractivity contribution < 1.29 is 4.74 Å². The van der Waals surface area contributed by atoms with E-state index < -0.39 is 0 Å². The molecule has 0 spiro atoms. The molecule has 0 radical (unpaired) electrons. The molecule has 0 unspecified atom stereocenters. The number of pyridine rings is 1. The van der Waals surface area contributed by atoms with Gasteiger partial charge in [-0.1, -0.05) is 6.07 Å².